The number of aliphatic hydroxyl groups excluding tert-OH is 1. The van der Waals surface area contributed by atoms with Crippen LogP contribution in [-0.4, -0.2) is 63.8 Å². The Hall–Kier alpha value is -1.43. The number of nitrogens with zero attached hydrogens (tertiary/aromatic N) is 3. The molecule has 8 heteroatoms. The van der Waals surface area contributed by atoms with Crippen LogP contribution in [0.2, 0.25) is 0 Å². The molecule has 0 radical (unpaired) electrons. The van der Waals surface area contributed by atoms with Gasteiger partial charge in [-0.15, -0.1) is 13.2 Å². The van der Waals surface area contributed by atoms with E-state index in [2.05, 4.69) is 29.6 Å². The van der Waals surface area contributed by atoms with Gasteiger partial charge in [0.15, 0.2) is 18.0 Å². The number of ether oxygens (including phenoxy) is 1. The van der Waals surface area contributed by atoms with Gasteiger partial charge in [0.1, 0.15) is 11.6 Å². The Labute approximate surface area is 140 Å². The summed E-state index contributed by atoms with van der Waals surface area (Å²) in [7, 11) is 0. The zero-order valence-electron chi connectivity index (χ0n) is 14.1. The van der Waals surface area contributed by atoms with Crippen LogP contribution >= 0.6 is 6.89 Å². The summed E-state index contributed by atoms with van der Waals surface area (Å²) in [5.74, 6) is 0.0110. The molecule has 24 heavy (non-hydrogen) atoms. The number of anilines is 1. The van der Waals surface area contributed by atoms with E-state index in [1.807, 2.05) is 6.92 Å². The topological polar surface area (TPSA) is 86.2 Å². The number of hydrogen-bond donors (Lipinski definition) is 2. The van der Waals surface area contributed by atoms with E-state index >= 15 is 0 Å². The van der Waals surface area contributed by atoms with Crippen molar-refractivity contribution in [2.45, 2.75) is 31.5 Å². The van der Waals surface area contributed by atoms with Crippen LogP contribution in [0.15, 0.2) is 18.6 Å². The highest BCUT2D eigenvalue weighted by molar-refractivity contribution is 7.72. The lowest BCUT2D eigenvalue weighted by atomic mass is 10.0. The van der Waals surface area contributed by atoms with Crippen LogP contribution in [0.3, 0.4) is 0 Å². The maximum atomic E-state index is 14.7. The number of pyridine rings is 1. The van der Waals surface area contributed by atoms with Gasteiger partial charge in [-0.3, -0.25) is 4.57 Å². The summed E-state index contributed by atoms with van der Waals surface area (Å²) in [6, 6.07) is 1.64. The largest absolute Gasteiger partial charge is 0.397 e. The minimum atomic E-state index is -1.55. The Kier molecular flexibility index (Phi) is 4.45. The molecule has 1 aliphatic rings. The van der Waals surface area contributed by atoms with Gasteiger partial charge >= 0.3 is 0 Å². The molecule has 132 valence electrons. The average Bonchev–Trinajstić information content (AvgIpc) is 3.01. The molecule has 1 saturated heterocycles. The fraction of sp³-hybridized carbons (Fsp3) is 0.562. The van der Waals surface area contributed by atoms with Crippen molar-refractivity contribution < 1.29 is 14.2 Å². The van der Waals surface area contributed by atoms with Gasteiger partial charge in [0.05, 0.1) is 18.1 Å². The molecule has 1 unspecified atom stereocenters. The molecule has 3 N–H and O–H groups in total. The molecule has 2 aromatic rings. The Morgan fingerprint density at radius 1 is 1.50 bits per heavy atom. The van der Waals surface area contributed by atoms with Crippen LogP contribution in [0, 0.1) is 5.92 Å². The summed E-state index contributed by atoms with van der Waals surface area (Å²) in [6.45, 7) is 4.90. The number of nitrogens with two attached hydrogens (primary N) is 1. The van der Waals surface area contributed by atoms with Crippen LogP contribution in [-0.2, 0) is 4.74 Å². The molecule has 3 rings (SSSR count). The van der Waals surface area contributed by atoms with Crippen LogP contribution in [0.4, 0.5) is 10.1 Å². The zero-order valence-corrected chi connectivity index (χ0v) is 15.0. The van der Waals surface area contributed by atoms with Gasteiger partial charge in [0, 0.05) is 6.20 Å². The van der Waals surface area contributed by atoms with E-state index in [1.165, 1.54) is 10.9 Å². The number of aliphatic hydroxyl groups is 1. The summed E-state index contributed by atoms with van der Waals surface area (Å²) in [5.41, 5.74) is 7.30. The van der Waals surface area contributed by atoms with Gasteiger partial charge in [0.25, 0.3) is 0 Å². The molecule has 0 amide bonds. The van der Waals surface area contributed by atoms with Crippen molar-refractivity contribution >= 4 is 30.0 Å². The molecule has 0 aromatic carbocycles. The molecule has 0 saturated carbocycles. The van der Waals surface area contributed by atoms with E-state index in [-0.39, 0.29) is 5.92 Å². The number of alkyl halides is 1. The number of fused-ring (bicyclic) bond motifs is 1. The first kappa shape index (κ1) is 17.4. The maximum absolute atomic E-state index is 14.7. The van der Waals surface area contributed by atoms with Crippen LogP contribution in [0.1, 0.15) is 13.2 Å². The van der Waals surface area contributed by atoms with Gasteiger partial charge in [-0.05, 0) is 31.5 Å². The predicted molar refractivity (Wildman–Crippen MR) is 96.7 cm³/mol. The van der Waals surface area contributed by atoms with Gasteiger partial charge in [-0.2, -0.15) is 0 Å². The fourth-order valence-corrected chi connectivity index (χ4v) is 5.15. The fourth-order valence-electron chi connectivity index (χ4n) is 3.38. The molecule has 2 aromatic heterocycles. The second-order valence-corrected chi connectivity index (χ2v) is 11.5. The molecule has 3 heterocycles. The van der Waals surface area contributed by atoms with Crippen LogP contribution < -0.4 is 5.73 Å². The molecular formula is C16H24FN4O2P. The number of nitrogen functional groups attached to an aromatic ring is 1. The highest BCUT2D eigenvalue weighted by atomic mass is 31.2. The Morgan fingerprint density at radius 3 is 2.88 bits per heavy atom. The minimum absolute atomic E-state index is 0.0110. The third kappa shape index (κ3) is 3.08. The number of rotatable bonds is 4. The maximum Gasteiger partial charge on any atom is 0.173 e. The Morgan fingerprint density at radius 2 is 2.21 bits per heavy atom. The van der Waals surface area contributed by atoms with Crippen molar-refractivity contribution in [2.75, 3.05) is 25.2 Å². The summed E-state index contributed by atoms with van der Waals surface area (Å²) in [4.78, 5) is 8.42. The normalized spacial score (nSPS) is 29.2. The number of aromatic nitrogens is 3. The minimum Gasteiger partial charge on any atom is -0.397 e. The third-order valence-electron chi connectivity index (χ3n) is 4.34. The third-order valence-corrected chi connectivity index (χ3v) is 5.91. The number of halogens is 1. The lowest BCUT2D eigenvalue weighted by molar-refractivity contribution is -0.0425. The lowest BCUT2D eigenvalue weighted by Gasteiger charge is -2.26. The second kappa shape index (κ2) is 6.14. The molecule has 0 bridgehead atoms. The predicted octanol–water partition coefficient (Wildman–Crippen LogP) is 1.96. The molecule has 5 atom stereocenters. The quantitative estimate of drug-likeness (QED) is 0.820. The summed E-state index contributed by atoms with van der Waals surface area (Å²) in [6.07, 6.45) is 3.74. The molecule has 0 aliphatic carbocycles. The molecular weight excluding hydrogens is 330 g/mol. The Bertz CT molecular complexity index is 789. The van der Waals surface area contributed by atoms with Crippen molar-refractivity contribution in [3.8, 4) is 0 Å². The van der Waals surface area contributed by atoms with E-state index in [1.54, 1.807) is 12.3 Å². The second-order valence-electron chi connectivity index (χ2n) is 7.25. The van der Waals surface area contributed by atoms with E-state index in [0.717, 1.165) is 6.16 Å². The van der Waals surface area contributed by atoms with Crippen LogP contribution in [0.25, 0.3) is 11.2 Å². The highest BCUT2D eigenvalue weighted by Gasteiger charge is 2.47. The first-order valence-electron chi connectivity index (χ1n) is 7.91. The average molecular weight is 354 g/mol. The van der Waals surface area contributed by atoms with Crippen molar-refractivity contribution in [2.24, 2.45) is 5.92 Å². The van der Waals surface area contributed by atoms with Gasteiger partial charge < -0.3 is 15.6 Å². The van der Waals surface area contributed by atoms with Crippen molar-refractivity contribution in [3.05, 3.63) is 18.6 Å². The van der Waals surface area contributed by atoms with E-state index in [4.69, 9.17) is 10.5 Å². The van der Waals surface area contributed by atoms with Crippen molar-refractivity contribution in [3.63, 3.8) is 0 Å². The standard InChI is InChI=1S/C16H24FN4O2P/c1-9(7-24(2,3)4)14-13(22)11(17)16(23-14)21-8-20-12-10(18)5-6-19-15(12)21/h5-6,8-9,11,13-14,16,22H,2,7H2,1,3-4H3,(H2,18,19)/t9?,11-,13+,14-,16-/m1/s1. The zero-order chi connectivity index (χ0) is 17.6. The molecule has 6 nitrogen and oxygen atoms in total. The summed E-state index contributed by atoms with van der Waals surface area (Å²) in [5, 5.41) is 10.3. The summed E-state index contributed by atoms with van der Waals surface area (Å²) >= 11 is 0. The van der Waals surface area contributed by atoms with Crippen molar-refractivity contribution in [1.29, 1.82) is 0 Å². The first-order chi connectivity index (χ1) is 11.2. The highest BCUT2D eigenvalue weighted by Crippen LogP contribution is 2.43. The smallest absolute Gasteiger partial charge is 0.173 e. The van der Waals surface area contributed by atoms with Gasteiger partial charge in [0.2, 0.25) is 0 Å². The van der Waals surface area contributed by atoms with Crippen LogP contribution in [0.5, 0.6) is 0 Å². The van der Waals surface area contributed by atoms with Crippen molar-refractivity contribution in [1.82, 2.24) is 14.5 Å². The SMILES string of the molecule is C=P(C)(C)CC(C)[C@H]1O[C@@H](n2cnc3c(N)ccnc32)[C@H](F)[C@@H]1O. The van der Waals surface area contributed by atoms with E-state index in [9.17, 15) is 9.50 Å². The van der Waals surface area contributed by atoms with Gasteiger partial charge in [-0.25, -0.2) is 14.4 Å². The first-order valence-corrected chi connectivity index (χ1v) is 11.0. The number of hydrogen-bond acceptors (Lipinski definition) is 5. The van der Waals surface area contributed by atoms with Gasteiger partial charge in [-0.1, -0.05) is 6.92 Å². The van der Waals surface area contributed by atoms with E-state index in [0.29, 0.717) is 16.9 Å². The lowest BCUT2D eigenvalue weighted by Crippen LogP contribution is -2.34. The number of imidazole rings is 1. The monoisotopic (exact) mass is 354 g/mol. The molecule has 1 fully saturated rings. The molecule has 0 spiro atoms. The molecule has 1 aliphatic heterocycles. The Balaban J connectivity index is 1.89. The summed E-state index contributed by atoms with van der Waals surface area (Å²) < 4.78 is 22.1. The van der Waals surface area contributed by atoms with E-state index < -0.39 is 31.5 Å².